The van der Waals surface area contributed by atoms with Gasteiger partial charge in [0.25, 0.3) is 0 Å². The third-order valence-electron chi connectivity index (χ3n) is 2.25. The maximum Gasteiger partial charge on any atom is 0.417 e. The van der Waals surface area contributed by atoms with Crippen molar-refractivity contribution >= 4 is 9.73 Å². The Labute approximate surface area is 97.8 Å². The standard InChI is InChI=1S/C10H12F3NO2S/c1-14-17(3,15)9-5-4-7(16-2)6-8(9)10(11,12)13/h4-6H,1-3H3. The van der Waals surface area contributed by atoms with Crippen LogP contribution in [-0.4, -0.2) is 24.6 Å². The van der Waals surface area contributed by atoms with Crippen LogP contribution in [0.2, 0.25) is 0 Å². The van der Waals surface area contributed by atoms with Crippen LogP contribution in [-0.2, 0) is 15.9 Å². The van der Waals surface area contributed by atoms with Crippen LogP contribution >= 0.6 is 0 Å². The first-order valence-corrected chi connectivity index (χ1v) is 6.50. The molecule has 0 radical (unpaired) electrons. The van der Waals surface area contributed by atoms with Crippen molar-refractivity contribution in [1.82, 2.24) is 0 Å². The van der Waals surface area contributed by atoms with Gasteiger partial charge in [-0.3, -0.25) is 0 Å². The fourth-order valence-electron chi connectivity index (χ4n) is 1.29. The van der Waals surface area contributed by atoms with E-state index < -0.39 is 21.5 Å². The summed E-state index contributed by atoms with van der Waals surface area (Å²) in [6, 6.07) is 3.29. The molecule has 1 atom stereocenters. The molecule has 0 saturated carbocycles. The van der Waals surface area contributed by atoms with Crippen molar-refractivity contribution in [1.29, 1.82) is 0 Å². The molecule has 1 aromatic rings. The molecule has 0 fully saturated rings. The number of ether oxygens (including phenoxy) is 1. The molecule has 1 rings (SSSR count). The van der Waals surface area contributed by atoms with Crippen molar-refractivity contribution in [3.8, 4) is 5.75 Å². The zero-order valence-electron chi connectivity index (χ0n) is 9.54. The van der Waals surface area contributed by atoms with Crippen molar-refractivity contribution in [2.24, 2.45) is 4.36 Å². The molecule has 0 aromatic heterocycles. The molecule has 1 unspecified atom stereocenters. The number of halogens is 3. The summed E-state index contributed by atoms with van der Waals surface area (Å²) in [4.78, 5) is -0.326. The van der Waals surface area contributed by atoms with Crippen LogP contribution in [0.5, 0.6) is 5.75 Å². The predicted molar refractivity (Wildman–Crippen MR) is 58.7 cm³/mol. The Morgan fingerprint density at radius 2 is 1.94 bits per heavy atom. The smallest absolute Gasteiger partial charge is 0.417 e. The average molecular weight is 267 g/mol. The Balaban J connectivity index is 3.58. The second kappa shape index (κ2) is 4.56. The van der Waals surface area contributed by atoms with Gasteiger partial charge in [-0.15, -0.1) is 0 Å². The number of nitrogens with zero attached hydrogens (tertiary/aromatic N) is 1. The van der Waals surface area contributed by atoms with Crippen molar-refractivity contribution in [3.05, 3.63) is 23.8 Å². The van der Waals surface area contributed by atoms with Crippen LogP contribution in [0.15, 0.2) is 27.5 Å². The fourth-order valence-corrected chi connectivity index (χ4v) is 2.39. The highest BCUT2D eigenvalue weighted by molar-refractivity contribution is 7.93. The number of methoxy groups -OCH3 is 1. The zero-order chi connectivity index (χ0) is 13.3. The first-order valence-electron chi connectivity index (χ1n) is 4.58. The van der Waals surface area contributed by atoms with E-state index in [1.165, 1.54) is 26.5 Å². The van der Waals surface area contributed by atoms with Gasteiger partial charge in [-0.1, -0.05) is 0 Å². The van der Waals surface area contributed by atoms with E-state index >= 15 is 0 Å². The summed E-state index contributed by atoms with van der Waals surface area (Å²) < 4.78 is 58.6. The summed E-state index contributed by atoms with van der Waals surface area (Å²) in [6.45, 7) is 0. The predicted octanol–water partition coefficient (Wildman–Crippen LogP) is 2.80. The minimum Gasteiger partial charge on any atom is -0.497 e. The lowest BCUT2D eigenvalue weighted by molar-refractivity contribution is -0.139. The molecule has 0 aliphatic carbocycles. The van der Waals surface area contributed by atoms with Crippen LogP contribution in [0.3, 0.4) is 0 Å². The molecular formula is C10H12F3NO2S. The van der Waals surface area contributed by atoms with Gasteiger partial charge in [0.15, 0.2) is 0 Å². The van der Waals surface area contributed by atoms with Gasteiger partial charge in [0, 0.05) is 13.3 Å². The average Bonchev–Trinajstić information content (AvgIpc) is 2.27. The second-order valence-electron chi connectivity index (χ2n) is 3.34. The van der Waals surface area contributed by atoms with Gasteiger partial charge in [0.1, 0.15) is 5.75 Å². The molecule has 0 aliphatic heterocycles. The lowest BCUT2D eigenvalue weighted by atomic mass is 10.2. The van der Waals surface area contributed by atoms with E-state index in [1.807, 2.05) is 0 Å². The minimum atomic E-state index is -4.59. The molecule has 0 aliphatic rings. The molecule has 0 N–H and O–H groups in total. The molecule has 1 aromatic carbocycles. The Hall–Kier alpha value is -1.24. The number of alkyl halides is 3. The summed E-state index contributed by atoms with van der Waals surface area (Å²) in [5.41, 5.74) is -0.977. The van der Waals surface area contributed by atoms with E-state index in [9.17, 15) is 17.4 Å². The second-order valence-corrected chi connectivity index (χ2v) is 5.75. The molecule has 7 heteroatoms. The molecular weight excluding hydrogens is 255 g/mol. The van der Waals surface area contributed by atoms with E-state index in [2.05, 4.69) is 4.36 Å². The Kier molecular flexibility index (Phi) is 3.71. The third kappa shape index (κ3) is 2.91. The van der Waals surface area contributed by atoms with Crippen LogP contribution in [0, 0.1) is 0 Å². The molecule has 0 heterocycles. The highest BCUT2D eigenvalue weighted by atomic mass is 32.2. The molecule has 0 bridgehead atoms. The number of hydrogen-bond acceptors (Lipinski definition) is 3. The first kappa shape index (κ1) is 13.8. The van der Waals surface area contributed by atoms with Gasteiger partial charge in [-0.05, 0) is 18.2 Å². The van der Waals surface area contributed by atoms with E-state index in [1.54, 1.807) is 0 Å². The van der Waals surface area contributed by atoms with Gasteiger partial charge in [0.05, 0.1) is 27.3 Å². The summed E-state index contributed by atoms with van der Waals surface area (Å²) in [5, 5.41) is 0. The lowest BCUT2D eigenvalue weighted by Crippen LogP contribution is -2.12. The van der Waals surface area contributed by atoms with Crippen molar-refractivity contribution in [3.63, 3.8) is 0 Å². The lowest BCUT2D eigenvalue weighted by Gasteiger charge is -2.14. The number of rotatable bonds is 2. The highest BCUT2D eigenvalue weighted by Crippen LogP contribution is 2.36. The minimum absolute atomic E-state index is 0.0624. The molecule has 96 valence electrons. The highest BCUT2D eigenvalue weighted by Gasteiger charge is 2.35. The van der Waals surface area contributed by atoms with Crippen LogP contribution in [0.4, 0.5) is 13.2 Å². The monoisotopic (exact) mass is 267 g/mol. The largest absolute Gasteiger partial charge is 0.497 e. The quantitative estimate of drug-likeness (QED) is 0.826. The van der Waals surface area contributed by atoms with Crippen molar-refractivity contribution in [2.45, 2.75) is 11.1 Å². The van der Waals surface area contributed by atoms with Gasteiger partial charge < -0.3 is 4.74 Å². The normalized spacial score (nSPS) is 15.2. The molecule has 0 saturated heterocycles. The van der Waals surface area contributed by atoms with E-state index in [-0.39, 0.29) is 10.6 Å². The maximum atomic E-state index is 12.8. The number of hydrogen-bond donors (Lipinski definition) is 0. The van der Waals surface area contributed by atoms with E-state index in [0.717, 1.165) is 12.1 Å². The summed E-state index contributed by atoms with van der Waals surface area (Å²) in [7, 11) is -0.542. The van der Waals surface area contributed by atoms with Crippen LogP contribution in [0.25, 0.3) is 0 Å². The SMILES string of the molecule is CN=S(C)(=O)c1ccc(OC)cc1C(F)(F)F. The third-order valence-corrected chi connectivity index (χ3v) is 4.12. The molecule has 17 heavy (non-hydrogen) atoms. The zero-order valence-corrected chi connectivity index (χ0v) is 10.4. The van der Waals surface area contributed by atoms with Gasteiger partial charge in [-0.2, -0.15) is 13.2 Å². The van der Waals surface area contributed by atoms with Gasteiger partial charge in [-0.25, -0.2) is 8.57 Å². The Morgan fingerprint density at radius 1 is 1.35 bits per heavy atom. The summed E-state index contributed by atoms with van der Waals surface area (Å²) in [6.07, 6.45) is -3.42. The van der Waals surface area contributed by atoms with E-state index in [0.29, 0.717) is 0 Å². The van der Waals surface area contributed by atoms with Gasteiger partial charge >= 0.3 is 6.18 Å². The molecule has 0 spiro atoms. The Morgan fingerprint density at radius 3 is 2.35 bits per heavy atom. The Bertz CT molecular complexity index is 531. The fraction of sp³-hybridized carbons (Fsp3) is 0.400. The van der Waals surface area contributed by atoms with Crippen molar-refractivity contribution < 1.29 is 22.1 Å². The van der Waals surface area contributed by atoms with E-state index in [4.69, 9.17) is 4.74 Å². The first-order chi connectivity index (χ1) is 7.72. The van der Waals surface area contributed by atoms with Crippen LogP contribution in [0.1, 0.15) is 5.56 Å². The number of benzene rings is 1. The van der Waals surface area contributed by atoms with Crippen molar-refractivity contribution in [2.75, 3.05) is 20.4 Å². The maximum absolute atomic E-state index is 12.8. The molecule has 3 nitrogen and oxygen atoms in total. The summed E-state index contributed by atoms with van der Waals surface area (Å²) >= 11 is 0. The topological polar surface area (TPSA) is 38.7 Å². The van der Waals surface area contributed by atoms with Gasteiger partial charge in [0.2, 0.25) is 0 Å². The van der Waals surface area contributed by atoms with Crippen LogP contribution < -0.4 is 4.74 Å². The summed E-state index contributed by atoms with van der Waals surface area (Å²) in [5.74, 6) is 0.0624. The molecule has 0 amide bonds.